The van der Waals surface area contributed by atoms with E-state index >= 15 is 0 Å². The molecule has 0 spiro atoms. The van der Waals surface area contributed by atoms with Gasteiger partial charge in [0.05, 0.1) is 0 Å². The Morgan fingerprint density at radius 1 is 1.18 bits per heavy atom. The highest BCUT2D eigenvalue weighted by Gasteiger charge is 2.42. The van der Waals surface area contributed by atoms with Crippen LogP contribution in [0.15, 0.2) is 24.3 Å². The molecule has 0 aliphatic heterocycles. The van der Waals surface area contributed by atoms with Crippen LogP contribution in [0.4, 0.5) is 0 Å². The zero-order chi connectivity index (χ0) is 12.5. The van der Waals surface area contributed by atoms with E-state index in [1.54, 1.807) is 0 Å². The molecule has 0 radical (unpaired) electrons. The molecule has 0 saturated heterocycles. The van der Waals surface area contributed by atoms with Gasteiger partial charge in [-0.05, 0) is 63.5 Å². The molecule has 94 valence electrons. The van der Waals surface area contributed by atoms with Crippen molar-refractivity contribution in [1.82, 2.24) is 5.32 Å². The monoisotopic (exact) mass is 231 g/mol. The summed E-state index contributed by atoms with van der Waals surface area (Å²) in [4.78, 5) is 0. The molecule has 17 heavy (non-hydrogen) atoms. The van der Waals surface area contributed by atoms with Gasteiger partial charge in [-0.25, -0.2) is 0 Å². The van der Waals surface area contributed by atoms with Crippen molar-refractivity contribution >= 4 is 0 Å². The normalized spacial score (nSPS) is 18.1. The Kier molecular flexibility index (Phi) is 3.31. The first kappa shape index (κ1) is 12.6. The Bertz CT molecular complexity index is 383. The SMILES string of the molecule is Cc1ccccc1CC1(CNC(C)(C)C)CC1. The fourth-order valence-corrected chi connectivity index (χ4v) is 2.26. The molecule has 0 amide bonds. The van der Waals surface area contributed by atoms with Crippen LogP contribution >= 0.6 is 0 Å². The largest absolute Gasteiger partial charge is 0.312 e. The summed E-state index contributed by atoms with van der Waals surface area (Å²) in [6.45, 7) is 10.1. The maximum absolute atomic E-state index is 3.66. The van der Waals surface area contributed by atoms with Crippen molar-refractivity contribution in [2.45, 2.75) is 52.5 Å². The molecule has 0 atom stereocenters. The molecule has 0 bridgehead atoms. The summed E-state index contributed by atoms with van der Waals surface area (Å²) < 4.78 is 0. The van der Waals surface area contributed by atoms with Gasteiger partial charge in [0.2, 0.25) is 0 Å². The van der Waals surface area contributed by atoms with E-state index in [0.717, 1.165) is 6.54 Å². The summed E-state index contributed by atoms with van der Waals surface area (Å²) in [5, 5.41) is 3.66. The van der Waals surface area contributed by atoms with Gasteiger partial charge in [0.25, 0.3) is 0 Å². The Hall–Kier alpha value is -0.820. The highest BCUT2D eigenvalue weighted by Crippen LogP contribution is 2.48. The van der Waals surface area contributed by atoms with E-state index in [0.29, 0.717) is 5.41 Å². The average molecular weight is 231 g/mol. The van der Waals surface area contributed by atoms with Crippen LogP contribution in [0.5, 0.6) is 0 Å². The lowest BCUT2D eigenvalue weighted by Crippen LogP contribution is -2.40. The van der Waals surface area contributed by atoms with Crippen molar-refractivity contribution in [3.63, 3.8) is 0 Å². The predicted molar refractivity (Wildman–Crippen MR) is 74.3 cm³/mol. The van der Waals surface area contributed by atoms with Crippen LogP contribution in [-0.2, 0) is 6.42 Å². The fourth-order valence-electron chi connectivity index (χ4n) is 2.26. The van der Waals surface area contributed by atoms with Gasteiger partial charge in [-0.3, -0.25) is 0 Å². The zero-order valence-electron chi connectivity index (χ0n) is 11.6. The van der Waals surface area contributed by atoms with Gasteiger partial charge < -0.3 is 5.32 Å². The van der Waals surface area contributed by atoms with Gasteiger partial charge in [-0.1, -0.05) is 24.3 Å². The molecule has 1 heteroatoms. The van der Waals surface area contributed by atoms with E-state index < -0.39 is 0 Å². The van der Waals surface area contributed by atoms with E-state index in [-0.39, 0.29) is 5.54 Å². The molecular formula is C16H25N. The van der Waals surface area contributed by atoms with Crippen molar-refractivity contribution < 1.29 is 0 Å². The minimum Gasteiger partial charge on any atom is -0.312 e. The molecule has 1 aromatic rings. The molecule has 1 N–H and O–H groups in total. The van der Waals surface area contributed by atoms with Crippen LogP contribution in [0, 0.1) is 12.3 Å². The molecule has 2 rings (SSSR count). The standard InChI is InChI=1S/C16H25N/c1-13-7-5-6-8-14(13)11-16(9-10-16)12-17-15(2,3)4/h5-8,17H,9-12H2,1-4H3. The summed E-state index contributed by atoms with van der Waals surface area (Å²) in [7, 11) is 0. The van der Waals surface area contributed by atoms with Crippen LogP contribution in [0.25, 0.3) is 0 Å². The van der Waals surface area contributed by atoms with Crippen LogP contribution in [0.2, 0.25) is 0 Å². The Morgan fingerprint density at radius 2 is 1.82 bits per heavy atom. The molecule has 0 heterocycles. The topological polar surface area (TPSA) is 12.0 Å². The third-order valence-corrected chi connectivity index (χ3v) is 3.78. The second-order valence-electron chi connectivity index (χ2n) is 6.71. The zero-order valence-corrected chi connectivity index (χ0v) is 11.6. The number of hydrogen-bond acceptors (Lipinski definition) is 1. The first-order valence-corrected chi connectivity index (χ1v) is 6.70. The third kappa shape index (κ3) is 3.57. The minimum atomic E-state index is 0.237. The third-order valence-electron chi connectivity index (χ3n) is 3.78. The van der Waals surface area contributed by atoms with Crippen molar-refractivity contribution in [1.29, 1.82) is 0 Å². The number of nitrogens with one attached hydrogen (secondary N) is 1. The van der Waals surface area contributed by atoms with Gasteiger partial charge in [-0.15, -0.1) is 0 Å². The van der Waals surface area contributed by atoms with E-state index in [4.69, 9.17) is 0 Å². The quantitative estimate of drug-likeness (QED) is 0.833. The summed E-state index contributed by atoms with van der Waals surface area (Å²) >= 11 is 0. The van der Waals surface area contributed by atoms with Gasteiger partial charge in [0.1, 0.15) is 0 Å². The molecule has 1 saturated carbocycles. The molecule has 1 aromatic carbocycles. The van der Waals surface area contributed by atoms with Crippen LogP contribution < -0.4 is 5.32 Å². The Balaban J connectivity index is 1.97. The average Bonchev–Trinajstić information content (AvgIpc) is 2.99. The molecule has 0 unspecified atom stereocenters. The van der Waals surface area contributed by atoms with Crippen LogP contribution in [-0.4, -0.2) is 12.1 Å². The Morgan fingerprint density at radius 3 is 2.35 bits per heavy atom. The lowest BCUT2D eigenvalue weighted by molar-refractivity contribution is 0.356. The molecule has 1 nitrogen and oxygen atoms in total. The molecule has 1 aliphatic rings. The molecule has 0 aromatic heterocycles. The highest BCUT2D eigenvalue weighted by atomic mass is 15.0. The maximum Gasteiger partial charge on any atom is 0.00967 e. The van der Waals surface area contributed by atoms with E-state index in [1.807, 2.05) is 0 Å². The summed E-state index contributed by atoms with van der Waals surface area (Å²) in [6.07, 6.45) is 4.00. The lowest BCUT2D eigenvalue weighted by atomic mass is 9.93. The van der Waals surface area contributed by atoms with E-state index in [9.17, 15) is 0 Å². The number of benzene rings is 1. The van der Waals surface area contributed by atoms with Crippen molar-refractivity contribution in [2.75, 3.05) is 6.54 Å². The summed E-state index contributed by atoms with van der Waals surface area (Å²) in [5.74, 6) is 0. The molecular weight excluding hydrogens is 206 g/mol. The van der Waals surface area contributed by atoms with Gasteiger partial charge in [0, 0.05) is 12.1 Å². The molecule has 1 aliphatic carbocycles. The van der Waals surface area contributed by atoms with Crippen molar-refractivity contribution in [2.24, 2.45) is 5.41 Å². The fraction of sp³-hybridized carbons (Fsp3) is 0.625. The maximum atomic E-state index is 3.66. The van der Waals surface area contributed by atoms with Gasteiger partial charge in [0.15, 0.2) is 0 Å². The summed E-state index contributed by atoms with van der Waals surface area (Å²) in [6, 6.07) is 8.80. The number of hydrogen-bond donors (Lipinski definition) is 1. The van der Waals surface area contributed by atoms with Crippen LogP contribution in [0.1, 0.15) is 44.7 Å². The second kappa shape index (κ2) is 4.45. The van der Waals surface area contributed by atoms with E-state index in [2.05, 4.69) is 57.3 Å². The van der Waals surface area contributed by atoms with Gasteiger partial charge >= 0.3 is 0 Å². The summed E-state index contributed by atoms with van der Waals surface area (Å²) in [5.41, 5.74) is 3.75. The first-order chi connectivity index (χ1) is 7.90. The van der Waals surface area contributed by atoms with Gasteiger partial charge in [-0.2, -0.15) is 0 Å². The highest BCUT2D eigenvalue weighted by molar-refractivity contribution is 5.28. The lowest BCUT2D eigenvalue weighted by Gasteiger charge is -2.25. The number of rotatable bonds is 4. The smallest absolute Gasteiger partial charge is 0.00967 e. The number of aryl methyl sites for hydroxylation is 1. The second-order valence-corrected chi connectivity index (χ2v) is 6.71. The Labute approximate surface area is 106 Å². The predicted octanol–water partition coefficient (Wildman–Crippen LogP) is 3.71. The first-order valence-electron chi connectivity index (χ1n) is 6.70. The molecule has 1 fully saturated rings. The minimum absolute atomic E-state index is 0.237. The van der Waals surface area contributed by atoms with Crippen molar-refractivity contribution in [3.05, 3.63) is 35.4 Å². The van der Waals surface area contributed by atoms with E-state index in [1.165, 1.54) is 30.4 Å². The van der Waals surface area contributed by atoms with Crippen LogP contribution in [0.3, 0.4) is 0 Å². The van der Waals surface area contributed by atoms with Crippen molar-refractivity contribution in [3.8, 4) is 0 Å².